The molecule has 0 unspecified atom stereocenters. The molecule has 0 aliphatic rings. The van der Waals surface area contributed by atoms with Gasteiger partial charge in [-0.05, 0) is 42.8 Å². The molecule has 5 nitrogen and oxygen atoms in total. The van der Waals surface area contributed by atoms with Gasteiger partial charge in [-0.3, -0.25) is 10.1 Å². The Morgan fingerprint density at radius 3 is 2.40 bits per heavy atom. The largest absolute Gasteiger partial charge is 0.478 e. The molecule has 0 fully saturated rings. The number of rotatable bonds is 4. The first-order chi connectivity index (χ1) is 9.47. The van der Waals surface area contributed by atoms with Crippen molar-refractivity contribution in [3.8, 4) is 0 Å². The van der Waals surface area contributed by atoms with Gasteiger partial charge in [0, 0.05) is 11.0 Å². The highest BCUT2D eigenvalue weighted by atomic mass is 32.2. The van der Waals surface area contributed by atoms with Gasteiger partial charge in [-0.1, -0.05) is 17.8 Å². The van der Waals surface area contributed by atoms with Crippen LogP contribution in [0.5, 0.6) is 0 Å². The summed E-state index contributed by atoms with van der Waals surface area (Å²) in [6.07, 6.45) is 0. The van der Waals surface area contributed by atoms with E-state index in [1.807, 2.05) is 6.92 Å². The first-order valence-electron chi connectivity index (χ1n) is 5.73. The van der Waals surface area contributed by atoms with Crippen molar-refractivity contribution < 1.29 is 14.8 Å². The van der Waals surface area contributed by atoms with E-state index >= 15 is 0 Å². The van der Waals surface area contributed by atoms with Gasteiger partial charge in [0.2, 0.25) is 0 Å². The summed E-state index contributed by atoms with van der Waals surface area (Å²) in [5, 5.41) is 19.8. The lowest BCUT2D eigenvalue weighted by Crippen LogP contribution is -1.95. The van der Waals surface area contributed by atoms with Crippen LogP contribution in [-0.4, -0.2) is 16.0 Å². The number of carbonyl (C=O) groups is 1. The normalized spacial score (nSPS) is 10.2. The van der Waals surface area contributed by atoms with Gasteiger partial charge in [0.05, 0.1) is 15.4 Å². The lowest BCUT2D eigenvalue weighted by Gasteiger charge is -2.04. The molecule has 102 valence electrons. The molecule has 0 amide bonds. The molecule has 0 aliphatic heterocycles. The molecule has 0 saturated carbocycles. The Labute approximate surface area is 119 Å². The van der Waals surface area contributed by atoms with Gasteiger partial charge in [-0.25, -0.2) is 4.79 Å². The van der Waals surface area contributed by atoms with Crippen LogP contribution in [0.3, 0.4) is 0 Å². The third-order valence-electron chi connectivity index (χ3n) is 2.64. The molecule has 2 aromatic rings. The van der Waals surface area contributed by atoms with Crippen LogP contribution in [-0.2, 0) is 0 Å². The molecule has 0 spiro atoms. The maximum atomic E-state index is 11.0. The lowest BCUT2D eigenvalue weighted by atomic mass is 10.2. The average molecular weight is 289 g/mol. The smallest absolute Gasteiger partial charge is 0.335 e. The maximum Gasteiger partial charge on any atom is 0.335 e. The van der Waals surface area contributed by atoms with Crippen LogP contribution in [0.25, 0.3) is 0 Å². The fraction of sp³-hybridized carbons (Fsp3) is 0.0714. The van der Waals surface area contributed by atoms with Crippen molar-refractivity contribution in [2.45, 2.75) is 16.7 Å². The minimum Gasteiger partial charge on any atom is -0.478 e. The molecule has 0 bridgehead atoms. The zero-order chi connectivity index (χ0) is 14.7. The Morgan fingerprint density at radius 1 is 1.20 bits per heavy atom. The third-order valence-corrected chi connectivity index (χ3v) is 3.70. The Balaban J connectivity index is 2.31. The van der Waals surface area contributed by atoms with Crippen LogP contribution in [0.2, 0.25) is 0 Å². The first-order valence-corrected chi connectivity index (χ1v) is 6.55. The van der Waals surface area contributed by atoms with Gasteiger partial charge in [0.25, 0.3) is 5.69 Å². The SMILES string of the molecule is Cc1ccc([N+](=O)[O-])c(Sc2ccc(C(=O)O)cc2)c1. The molecule has 0 radical (unpaired) electrons. The molecule has 0 atom stereocenters. The highest BCUT2D eigenvalue weighted by Gasteiger charge is 2.14. The highest BCUT2D eigenvalue weighted by molar-refractivity contribution is 7.99. The van der Waals surface area contributed by atoms with E-state index < -0.39 is 10.9 Å². The molecular formula is C14H11NO4S. The van der Waals surface area contributed by atoms with Crippen molar-refractivity contribution in [2.75, 3.05) is 0 Å². The number of benzene rings is 2. The van der Waals surface area contributed by atoms with Crippen LogP contribution >= 0.6 is 11.8 Å². The summed E-state index contributed by atoms with van der Waals surface area (Å²) in [6.45, 7) is 1.86. The minimum atomic E-state index is -0.997. The summed E-state index contributed by atoms with van der Waals surface area (Å²) in [4.78, 5) is 22.6. The number of carboxylic acid groups (broad SMARTS) is 1. The molecule has 0 aliphatic carbocycles. The van der Waals surface area contributed by atoms with Gasteiger partial charge in [0.15, 0.2) is 0 Å². The number of nitrogens with zero attached hydrogens (tertiary/aromatic N) is 1. The number of carboxylic acids is 1. The molecule has 6 heteroatoms. The quantitative estimate of drug-likeness (QED) is 0.684. The third kappa shape index (κ3) is 3.16. The molecular weight excluding hydrogens is 278 g/mol. The number of nitro groups is 1. The fourth-order valence-corrected chi connectivity index (χ4v) is 2.66. The van der Waals surface area contributed by atoms with E-state index in [1.165, 1.54) is 30.0 Å². The summed E-state index contributed by atoms with van der Waals surface area (Å²) in [5.41, 5.74) is 1.16. The summed E-state index contributed by atoms with van der Waals surface area (Å²) in [7, 11) is 0. The summed E-state index contributed by atoms with van der Waals surface area (Å²) in [5.74, 6) is -0.997. The standard InChI is InChI=1S/C14H11NO4S/c1-9-2-7-12(15(18)19)13(8-9)20-11-5-3-10(4-6-11)14(16)17/h2-8H,1H3,(H,16,17). The van der Waals surface area contributed by atoms with Crippen LogP contribution in [0.1, 0.15) is 15.9 Å². The van der Waals surface area contributed by atoms with Crippen LogP contribution in [0, 0.1) is 17.0 Å². The van der Waals surface area contributed by atoms with Crippen molar-refractivity contribution in [3.05, 3.63) is 63.7 Å². The molecule has 20 heavy (non-hydrogen) atoms. The fourth-order valence-electron chi connectivity index (χ4n) is 1.65. The lowest BCUT2D eigenvalue weighted by molar-refractivity contribution is -0.387. The Kier molecular flexibility index (Phi) is 4.05. The predicted octanol–water partition coefficient (Wildman–Crippen LogP) is 3.75. The average Bonchev–Trinajstić information content (AvgIpc) is 2.39. The van der Waals surface area contributed by atoms with Crippen molar-refractivity contribution in [1.82, 2.24) is 0 Å². The molecule has 0 aromatic heterocycles. The van der Waals surface area contributed by atoms with E-state index in [1.54, 1.807) is 24.3 Å². The van der Waals surface area contributed by atoms with Crippen molar-refractivity contribution in [2.24, 2.45) is 0 Å². The van der Waals surface area contributed by atoms with Crippen LogP contribution < -0.4 is 0 Å². The number of hydrogen-bond acceptors (Lipinski definition) is 4. The predicted molar refractivity (Wildman–Crippen MR) is 75.4 cm³/mol. The second kappa shape index (κ2) is 5.75. The molecule has 2 aromatic carbocycles. The Bertz CT molecular complexity index is 667. The van der Waals surface area contributed by atoms with Crippen molar-refractivity contribution in [1.29, 1.82) is 0 Å². The van der Waals surface area contributed by atoms with E-state index in [9.17, 15) is 14.9 Å². The van der Waals surface area contributed by atoms with E-state index in [0.29, 0.717) is 4.90 Å². The van der Waals surface area contributed by atoms with E-state index in [2.05, 4.69) is 0 Å². The first kappa shape index (κ1) is 14.1. The summed E-state index contributed by atoms with van der Waals surface area (Å²) < 4.78 is 0. The van der Waals surface area contributed by atoms with E-state index in [0.717, 1.165) is 10.5 Å². The van der Waals surface area contributed by atoms with Crippen LogP contribution in [0.4, 0.5) is 5.69 Å². The molecule has 0 saturated heterocycles. The molecule has 1 N–H and O–H groups in total. The Morgan fingerprint density at radius 2 is 1.85 bits per heavy atom. The van der Waals surface area contributed by atoms with Gasteiger partial charge in [-0.15, -0.1) is 0 Å². The van der Waals surface area contributed by atoms with E-state index in [4.69, 9.17) is 5.11 Å². The van der Waals surface area contributed by atoms with E-state index in [-0.39, 0.29) is 11.3 Å². The summed E-state index contributed by atoms with van der Waals surface area (Å²) >= 11 is 1.24. The second-order valence-corrected chi connectivity index (χ2v) is 5.28. The zero-order valence-electron chi connectivity index (χ0n) is 10.6. The monoisotopic (exact) mass is 289 g/mol. The Hall–Kier alpha value is -2.34. The number of hydrogen-bond donors (Lipinski definition) is 1. The van der Waals surface area contributed by atoms with Crippen molar-refractivity contribution >= 4 is 23.4 Å². The number of aryl methyl sites for hydroxylation is 1. The molecule has 0 heterocycles. The topological polar surface area (TPSA) is 80.4 Å². The zero-order valence-corrected chi connectivity index (χ0v) is 11.4. The minimum absolute atomic E-state index is 0.0444. The second-order valence-electron chi connectivity index (χ2n) is 4.16. The maximum absolute atomic E-state index is 11.0. The van der Waals surface area contributed by atoms with Gasteiger partial charge in [0.1, 0.15) is 0 Å². The number of nitro benzene ring substituents is 1. The summed E-state index contributed by atoms with van der Waals surface area (Å²) in [6, 6.07) is 11.1. The highest BCUT2D eigenvalue weighted by Crippen LogP contribution is 2.35. The van der Waals surface area contributed by atoms with Crippen LogP contribution in [0.15, 0.2) is 52.3 Å². The van der Waals surface area contributed by atoms with Gasteiger partial charge in [-0.2, -0.15) is 0 Å². The number of aromatic carboxylic acids is 1. The van der Waals surface area contributed by atoms with Gasteiger partial charge >= 0.3 is 5.97 Å². The molecule has 2 rings (SSSR count). The van der Waals surface area contributed by atoms with Crippen molar-refractivity contribution in [3.63, 3.8) is 0 Å². The van der Waals surface area contributed by atoms with Gasteiger partial charge < -0.3 is 5.11 Å².